The number of rotatable bonds is 1. The lowest BCUT2D eigenvalue weighted by atomic mass is 9.50. The van der Waals surface area contributed by atoms with Crippen molar-refractivity contribution >= 4 is 5.97 Å². The largest absolute Gasteiger partial charge is 0.456 e. The summed E-state index contributed by atoms with van der Waals surface area (Å²) in [7, 11) is 0. The zero-order valence-corrected chi connectivity index (χ0v) is 12.3. The van der Waals surface area contributed by atoms with E-state index in [2.05, 4.69) is 6.58 Å². The number of carbonyl (C=O) groups is 1. The van der Waals surface area contributed by atoms with Gasteiger partial charge in [0.2, 0.25) is 0 Å². The molecule has 3 aliphatic heterocycles. The van der Waals surface area contributed by atoms with Crippen molar-refractivity contribution in [3.8, 4) is 0 Å². The van der Waals surface area contributed by atoms with Gasteiger partial charge in [-0.05, 0) is 12.5 Å². The highest BCUT2D eigenvalue weighted by Gasteiger charge is 2.96. The van der Waals surface area contributed by atoms with Crippen molar-refractivity contribution in [2.45, 2.75) is 55.1 Å². The van der Waals surface area contributed by atoms with E-state index >= 15 is 0 Å². The Kier molecular flexibility index (Phi) is 1.92. The summed E-state index contributed by atoms with van der Waals surface area (Å²) in [6.45, 7) is 7.35. The van der Waals surface area contributed by atoms with E-state index in [9.17, 15) is 20.1 Å². The Morgan fingerprint density at radius 1 is 1.32 bits per heavy atom. The third-order valence-corrected chi connectivity index (χ3v) is 6.91. The molecule has 5 aliphatic rings. The van der Waals surface area contributed by atoms with Gasteiger partial charge >= 0.3 is 5.97 Å². The highest BCUT2D eigenvalue weighted by atomic mass is 16.7. The van der Waals surface area contributed by atoms with Gasteiger partial charge in [-0.1, -0.05) is 13.5 Å². The normalized spacial score (nSPS) is 66.8. The second kappa shape index (κ2) is 3.14. The summed E-state index contributed by atoms with van der Waals surface area (Å²) in [5, 5.41) is 33.5. The summed E-state index contributed by atoms with van der Waals surface area (Å²) in [4.78, 5) is 12.4. The van der Waals surface area contributed by atoms with Crippen molar-refractivity contribution in [2.24, 2.45) is 11.3 Å². The molecule has 5 rings (SSSR count). The molecule has 3 N–H and O–H groups in total. The van der Waals surface area contributed by atoms with Crippen molar-refractivity contribution in [1.29, 1.82) is 0 Å². The summed E-state index contributed by atoms with van der Waals surface area (Å²) >= 11 is 0. The molecule has 2 bridgehead atoms. The van der Waals surface area contributed by atoms with Gasteiger partial charge in [-0.3, -0.25) is 4.79 Å². The Hall–Kier alpha value is -0.990. The van der Waals surface area contributed by atoms with Crippen LogP contribution in [0.1, 0.15) is 13.8 Å². The van der Waals surface area contributed by atoms with Gasteiger partial charge in [-0.15, -0.1) is 0 Å². The van der Waals surface area contributed by atoms with Crippen molar-refractivity contribution in [2.75, 3.05) is 6.61 Å². The van der Waals surface area contributed by atoms with E-state index in [4.69, 9.17) is 14.2 Å². The first kappa shape index (κ1) is 13.4. The minimum atomic E-state index is -1.82. The van der Waals surface area contributed by atoms with Crippen LogP contribution in [0.25, 0.3) is 0 Å². The number of epoxide rings is 2. The highest BCUT2D eigenvalue weighted by molar-refractivity contribution is 5.82. The molecule has 0 aromatic rings. The number of hydrogen-bond acceptors (Lipinski definition) is 7. The Balaban J connectivity index is 1.79. The van der Waals surface area contributed by atoms with E-state index in [1.165, 1.54) is 0 Å². The third-order valence-electron chi connectivity index (χ3n) is 6.91. The predicted molar refractivity (Wildman–Crippen MR) is 69.5 cm³/mol. The minimum Gasteiger partial charge on any atom is -0.456 e. The van der Waals surface area contributed by atoms with Crippen LogP contribution in [-0.2, 0) is 19.0 Å². The standard InChI is InChI=1S/C15H18O7/c1-5(2)14(18)6-11(17)22-8(14)7(16)12(3)13(4-20-13)9-10(21-9)15(6,12)19/h6-10,16,18-19H,1,4H2,2-3H3/t6?,7-,8+,9-,10+,12+,13-,14?,15+/m1/s1. The second-order valence-corrected chi connectivity index (χ2v) is 7.52. The quantitative estimate of drug-likeness (QED) is 0.307. The molecule has 0 aromatic carbocycles. The van der Waals surface area contributed by atoms with Gasteiger partial charge < -0.3 is 29.5 Å². The van der Waals surface area contributed by atoms with Gasteiger partial charge in [-0.25, -0.2) is 0 Å². The lowest BCUT2D eigenvalue weighted by molar-refractivity contribution is -0.267. The number of carbonyl (C=O) groups excluding carboxylic acids is 1. The molecule has 5 fully saturated rings. The van der Waals surface area contributed by atoms with Gasteiger partial charge in [0.05, 0.1) is 12.0 Å². The molecule has 2 aliphatic carbocycles. The zero-order chi connectivity index (χ0) is 15.9. The van der Waals surface area contributed by atoms with Crippen LogP contribution in [0.4, 0.5) is 0 Å². The van der Waals surface area contributed by atoms with Crippen LogP contribution in [-0.4, -0.2) is 69.1 Å². The molecule has 1 spiro atoms. The zero-order valence-electron chi connectivity index (χ0n) is 12.3. The lowest BCUT2D eigenvalue weighted by Crippen LogP contribution is -2.76. The number of ether oxygens (including phenoxy) is 3. The molecule has 0 amide bonds. The molecule has 7 nitrogen and oxygen atoms in total. The SMILES string of the molecule is C=C(C)C1(O)C2C(=O)O[C@H]1[C@@H](O)[C@@]1(C)[C@@]3(CO3)[C@@H]3O[C@@H]3[C@@]21O. The van der Waals surface area contributed by atoms with Gasteiger partial charge in [0.1, 0.15) is 41.0 Å². The summed E-state index contributed by atoms with van der Waals surface area (Å²) in [5.74, 6) is -1.97. The summed E-state index contributed by atoms with van der Waals surface area (Å²) in [5.41, 5.74) is -5.26. The molecule has 2 saturated carbocycles. The number of hydrogen-bond donors (Lipinski definition) is 3. The lowest BCUT2D eigenvalue weighted by Gasteiger charge is -2.56. The molecule has 9 atom stereocenters. The monoisotopic (exact) mass is 310 g/mol. The Morgan fingerprint density at radius 2 is 1.95 bits per heavy atom. The van der Waals surface area contributed by atoms with Gasteiger partial charge in [-0.2, -0.15) is 0 Å². The molecule has 7 heteroatoms. The minimum absolute atomic E-state index is 0.276. The molecular formula is C15H18O7. The van der Waals surface area contributed by atoms with E-state index in [1.54, 1.807) is 13.8 Å². The number of fused-ring (bicyclic) bond motifs is 8. The molecule has 0 aromatic heterocycles. The second-order valence-electron chi connectivity index (χ2n) is 7.52. The van der Waals surface area contributed by atoms with Crippen LogP contribution in [0.3, 0.4) is 0 Å². The Bertz CT molecular complexity index is 642. The summed E-state index contributed by atoms with van der Waals surface area (Å²) in [6.07, 6.45) is -3.46. The molecule has 0 radical (unpaired) electrons. The average Bonchev–Trinajstić information content (AvgIpc) is 3.30. The van der Waals surface area contributed by atoms with Crippen LogP contribution in [0.15, 0.2) is 12.2 Å². The van der Waals surface area contributed by atoms with Crippen LogP contribution in [0.2, 0.25) is 0 Å². The average molecular weight is 310 g/mol. The van der Waals surface area contributed by atoms with Crippen molar-refractivity contribution < 1.29 is 34.3 Å². The van der Waals surface area contributed by atoms with E-state index in [0.29, 0.717) is 6.61 Å². The maximum absolute atomic E-state index is 12.4. The Labute approximate surface area is 126 Å². The van der Waals surface area contributed by atoms with E-state index < -0.39 is 52.4 Å². The molecule has 22 heavy (non-hydrogen) atoms. The van der Waals surface area contributed by atoms with Crippen molar-refractivity contribution in [3.63, 3.8) is 0 Å². The predicted octanol–water partition coefficient (Wildman–Crippen LogP) is -1.50. The molecule has 3 heterocycles. The number of aliphatic hydroxyl groups is 3. The smallest absolute Gasteiger partial charge is 0.315 e. The fourth-order valence-corrected chi connectivity index (χ4v) is 5.46. The highest BCUT2D eigenvalue weighted by Crippen LogP contribution is 2.76. The molecule has 2 unspecified atom stereocenters. The summed E-state index contributed by atoms with van der Waals surface area (Å²) in [6, 6.07) is 0. The van der Waals surface area contributed by atoms with Crippen LogP contribution in [0, 0.1) is 11.3 Å². The topological polar surface area (TPSA) is 112 Å². The fraction of sp³-hybridized carbons (Fsp3) is 0.800. The van der Waals surface area contributed by atoms with E-state index in [1.807, 2.05) is 0 Å². The fourth-order valence-electron chi connectivity index (χ4n) is 5.46. The van der Waals surface area contributed by atoms with Crippen LogP contribution in [0.5, 0.6) is 0 Å². The number of esters is 1. The number of aliphatic hydroxyl groups excluding tert-OH is 1. The van der Waals surface area contributed by atoms with E-state index in [0.717, 1.165) is 0 Å². The van der Waals surface area contributed by atoms with Crippen molar-refractivity contribution in [1.82, 2.24) is 0 Å². The maximum Gasteiger partial charge on any atom is 0.315 e. The molecular weight excluding hydrogens is 292 g/mol. The summed E-state index contributed by atoms with van der Waals surface area (Å²) < 4.78 is 16.4. The van der Waals surface area contributed by atoms with Gasteiger partial charge in [0.15, 0.2) is 6.10 Å². The first-order valence-electron chi connectivity index (χ1n) is 7.46. The van der Waals surface area contributed by atoms with Gasteiger partial charge in [0.25, 0.3) is 0 Å². The molecule has 3 saturated heterocycles. The van der Waals surface area contributed by atoms with E-state index in [-0.39, 0.29) is 11.7 Å². The van der Waals surface area contributed by atoms with Crippen molar-refractivity contribution in [3.05, 3.63) is 12.2 Å². The van der Waals surface area contributed by atoms with Gasteiger partial charge in [0, 0.05) is 0 Å². The Morgan fingerprint density at radius 3 is 2.50 bits per heavy atom. The molecule has 120 valence electrons. The first-order chi connectivity index (χ1) is 10.2. The van der Waals surface area contributed by atoms with Crippen LogP contribution >= 0.6 is 0 Å². The first-order valence-corrected chi connectivity index (χ1v) is 7.46. The van der Waals surface area contributed by atoms with Crippen LogP contribution < -0.4 is 0 Å². The maximum atomic E-state index is 12.4. The third kappa shape index (κ3) is 0.917.